The quantitative estimate of drug-likeness (QED) is 0.550. The molecule has 0 atom stereocenters. The van der Waals surface area contributed by atoms with Gasteiger partial charge in [-0.05, 0) is 24.3 Å². The van der Waals surface area contributed by atoms with Crippen molar-refractivity contribution in [3.05, 3.63) is 5.08 Å². The highest BCUT2D eigenvalue weighted by atomic mass is 32.2. The van der Waals surface area contributed by atoms with E-state index in [-0.39, 0.29) is 0 Å². The summed E-state index contributed by atoms with van der Waals surface area (Å²) in [6.45, 7) is 4.39. The summed E-state index contributed by atoms with van der Waals surface area (Å²) >= 11 is 3.61. The maximum atomic E-state index is 3.22. The standard InChI is InChI=1S/C7H14S2/c1-3-5-8-7-9-6-4-2/h3-6H2,1-2H3. The van der Waals surface area contributed by atoms with Crippen LogP contribution in [-0.2, 0) is 0 Å². The summed E-state index contributed by atoms with van der Waals surface area (Å²) in [6, 6.07) is 0. The third-order valence-electron chi connectivity index (χ3n) is 0.730. The topological polar surface area (TPSA) is 0 Å². The molecule has 0 saturated carbocycles. The van der Waals surface area contributed by atoms with Gasteiger partial charge in [0.05, 0.1) is 0 Å². The average molecular weight is 162 g/mol. The third kappa shape index (κ3) is 8.70. The Balaban J connectivity index is 2.60. The first-order valence-corrected chi connectivity index (χ1v) is 5.37. The molecule has 54 valence electrons. The Labute approximate surface area is 67.2 Å². The van der Waals surface area contributed by atoms with Gasteiger partial charge in [0, 0.05) is 0 Å². The molecular formula is C7H14S2. The van der Waals surface area contributed by atoms with Crippen LogP contribution in [0.3, 0.4) is 0 Å². The number of hydrogen-bond donors (Lipinski definition) is 0. The van der Waals surface area contributed by atoms with Crippen LogP contribution in [0.15, 0.2) is 0 Å². The first-order valence-electron chi connectivity index (χ1n) is 3.40. The molecule has 0 aliphatic rings. The van der Waals surface area contributed by atoms with Crippen LogP contribution < -0.4 is 0 Å². The summed E-state index contributed by atoms with van der Waals surface area (Å²) in [6.07, 6.45) is 2.51. The summed E-state index contributed by atoms with van der Waals surface area (Å²) < 4.78 is 0. The van der Waals surface area contributed by atoms with Crippen LogP contribution in [0.25, 0.3) is 0 Å². The average Bonchev–Trinajstić information content (AvgIpc) is 1.89. The van der Waals surface area contributed by atoms with E-state index in [1.165, 1.54) is 24.3 Å². The lowest BCUT2D eigenvalue weighted by Gasteiger charge is -1.94. The highest BCUT2D eigenvalue weighted by molar-refractivity contribution is 8.19. The van der Waals surface area contributed by atoms with E-state index in [9.17, 15) is 0 Å². The van der Waals surface area contributed by atoms with Gasteiger partial charge in [0.15, 0.2) is 0 Å². The van der Waals surface area contributed by atoms with E-state index in [1.807, 2.05) is 0 Å². The molecule has 0 aromatic heterocycles. The third-order valence-corrected chi connectivity index (χ3v) is 2.90. The first kappa shape index (κ1) is 9.70. The minimum atomic E-state index is 1.22. The highest BCUT2D eigenvalue weighted by Gasteiger charge is 1.87. The molecule has 0 heterocycles. The summed E-state index contributed by atoms with van der Waals surface area (Å²) in [5, 5.41) is 3.22. The van der Waals surface area contributed by atoms with E-state index in [0.29, 0.717) is 0 Å². The molecule has 0 fully saturated rings. The monoisotopic (exact) mass is 162 g/mol. The van der Waals surface area contributed by atoms with Crippen LogP contribution >= 0.6 is 23.5 Å². The van der Waals surface area contributed by atoms with Gasteiger partial charge >= 0.3 is 0 Å². The van der Waals surface area contributed by atoms with Crippen molar-refractivity contribution in [2.45, 2.75) is 26.7 Å². The summed E-state index contributed by atoms with van der Waals surface area (Å²) in [4.78, 5) is 0. The van der Waals surface area contributed by atoms with Crippen LogP contribution in [0.5, 0.6) is 0 Å². The zero-order valence-electron chi connectivity index (χ0n) is 6.14. The van der Waals surface area contributed by atoms with E-state index < -0.39 is 0 Å². The number of thioether (sulfide) groups is 2. The Hall–Kier alpha value is 0.700. The highest BCUT2D eigenvalue weighted by Crippen LogP contribution is 2.18. The van der Waals surface area contributed by atoms with Gasteiger partial charge in [-0.25, -0.2) is 0 Å². The van der Waals surface area contributed by atoms with Gasteiger partial charge in [0.25, 0.3) is 0 Å². The van der Waals surface area contributed by atoms with E-state index in [0.717, 1.165) is 0 Å². The lowest BCUT2D eigenvalue weighted by atomic mass is 10.6. The van der Waals surface area contributed by atoms with E-state index in [2.05, 4.69) is 18.9 Å². The second kappa shape index (κ2) is 8.70. The minimum absolute atomic E-state index is 1.22. The summed E-state index contributed by atoms with van der Waals surface area (Å²) in [5.41, 5.74) is 0. The predicted octanol–water partition coefficient (Wildman–Crippen LogP) is 3.27. The smallest absolute Gasteiger partial charge is 0.113 e. The molecule has 0 unspecified atom stereocenters. The van der Waals surface area contributed by atoms with Crippen molar-refractivity contribution in [3.63, 3.8) is 0 Å². The fourth-order valence-corrected chi connectivity index (χ4v) is 1.74. The number of hydrogen-bond acceptors (Lipinski definition) is 2. The zero-order chi connectivity index (χ0) is 6.95. The van der Waals surface area contributed by atoms with Crippen molar-refractivity contribution in [2.24, 2.45) is 0 Å². The van der Waals surface area contributed by atoms with Gasteiger partial charge < -0.3 is 0 Å². The molecule has 9 heavy (non-hydrogen) atoms. The SMILES string of the molecule is CCCS[C]SCCC. The second-order valence-corrected chi connectivity index (χ2v) is 3.84. The molecule has 0 spiro atoms. The normalized spacial score (nSPS) is 10.0. The molecule has 2 radical (unpaired) electrons. The fraction of sp³-hybridized carbons (Fsp3) is 0.857. The van der Waals surface area contributed by atoms with Gasteiger partial charge in [0.2, 0.25) is 0 Å². The van der Waals surface area contributed by atoms with Gasteiger partial charge in [0.1, 0.15) is 5.08 Å². The zero-order valence-corrected chi connectivity index (χ0v) is 7.78. The largest absolute Gasteiger partial charge is 0.139 e. The van der Waals surface area contributed by atoms with Crippen LogP contribution in [-0.4, -0.2) is 11.5 Å². The first-order chi connectivity index (χ1) is 4.41. The molecule has 0 aromatic carbocycles. The second-order valence-electron chi connectivity index (χ2n) is 1.78. The lowest BCUT2D eigenvalue weighted by molar-refractivity contribution is 1.11. The van der Waals surface area contributed by atoms with Gasteiger partial charge in [-0.15, -0.1) is 23.5 Å². The van der Waals surface area contributed by atoms with Crippen molar-refractivity contribution in [3.8, 4) is 0 Å². The van der Waals surface area contributed by atoms with Crippen molar-refractivity contribution in [1.82, 2.24) is 0 Å². The molecule has 0 N–H and O–H groups in total. The molecule has 0 amide bonds. The van der Waals surface area contributed by atoms with Crippen LogP contribution in [0.1, 0.15) is 26.7 Å². The van der Waals surface area contributed by atoms with Crippen molar-refractivity contribution >= 4 is 23.5 Å². The molecule has 0 aliphatic carbocycles. The van der Waals surface area contributed by atoms with Gasteiger partial charge in [-0.2, -0.15) is 0 Å². The maximum absolute atomic E-state index is 3.22. The Kier molecular flexibility index (Phi) is 9.38. The van der Waals surface area contributed by atoms with Crippen LogP contribution in [0.4, 0.5) is 0 Å². The van der Waals surface area contributed by atoms with E-state index >= 15 is 0 Å². The summed E-state index contributed by atoms with van der Waals surface area (Å²) in [5.74, 6) is 2.44. The van der Waals surface area contributed by atoms with Crippen molar-refractivity contribution in [1.29, 1.82) is 0 Å². The Morgan fingerprint density at radius 3 is 1.78 bits per heavy atom. The molecule has 0 rings (SSSR count). The van der Waals surface area contributed by atoms with Crippen LogP contribution in [0.2, 0.25) is 0 Å². The molecule has 0 aromatic rings. The molecule has 0 nitrogen and oxygen atoms in total. The van der Waals surface area contributed by atoms with Gasteiger partial charge in [-0.1, -0.05) is 13.8 Å². The maximum Gasteiger partial charge on any atom is 0.113 e. The molecular weight excluding hydrogens is 148 g/mol. The van der Waals surface area contributed by atoms with E-state index in [4.69, 9.17) is 0 Å². The van der Waals surface area contributed by atoms with Gasteiger partial charge in [-0.3, -0.25) is 0 Å². The lowest BCUT2D eigenvalue weighted by Crippen LogP contribution is -1.73. The van der Waals surface area contributed by atoms with Crippen molar-refractivity contribution < 1.29 is 0 Å². The fourth-order valence-electron chi connectivity index (χ4n) is 0.329. The van der Waals surface area contributed by atoms with E-state index in [1.54, 1.807) is 23.5 Å². The molecule has 2 heteroatoms. The Bertz CT molecular complexity index is 40.2. The Morgan fingerprint density at radius 2 is 1.44 bits per heavy atom. The summed E-state index contributed by atoms with van der Waals surface area (Å²) in [7, 11) is 0. The molecule has 0 aliphatic heterocycles. The molecule has 0 bridgehead atoms. The van der Waals surface area contributed by atoms with Crippen LogP contribution in [0, 0.1) is 5.08 Å². The Morgan fingerprint density at radius 1 is 1.00 bits per heavy atom. The predicted molar refractivity (Wildman–Crippen MR) is 48.7 cm³/mol. The van der Waals surface area contributed by atoms with Crippen molar-refractivity contribution in [2.75, 3.05) is 11.5 Å². The molecule has 0 saturated heterocycles. The minimum Gasteiger partial charge on any atom is -0.139 e. The number of rotatable bonds is 6.